The van der Waals surface area contributed by atoms with E-state index in [4.69, 9.17) is 4.52 Å². The summed E-state index contributed by atoms with van der Waals surface area (Å²) in [7, 11) is 2.01. The molecule has 1 N–H and O–H groups in total. The van der Waals surface area contributed by atoms with Crippen molar-refractivity contribution in [3.8, 4) is 11.3 Å². The third-order valence-corrected chi connectivity index (χ3v) is 4.15. The van der Waals surface area contributed by atoms with Crippen LogP contribution in [0.25, 0.3) is 11.3 Å². The van der Waals surface area contributed by atoms with Crippen molar-refractivity contribution in [2.45, 2.75) is 37.8 Å². The first-order valence-electron chi connectivity index (χ1n) is 7.57. The van der Waals surface area contributed by atoms with Gasteiger partial charge in [0.2, 0.25) is 0 Å². The lowest BCUT2D eigenvalue weighted by Crippen LogP contribution is -2.38. The molecular formula is C17H22N2O2. The molecule has 4 heteroatoms. The smallest absolute Gasteiger partial charge is 0.151 e. The summed E-state index contributed by atoms with van der Waals surface area (Å²) < 4.78 is 5.41. The van der Waals surface area contributed by atoms with Gasteiger partial charge in [0.15, 0.2) is 5.76 Å². The minimum Gasteiger partial charge on any atom is -0.389 e. The van der Waals surface area contributed by atoms with Crippen LogP contribution < -0.4 is 0 Å². The summed E-state index contributed by atoms with van der Waals surface area (Å²) in [5.74, 6) is 0.831. The largest absolute Gasteiger partial charge is 0.389 e. The summed E-state index contributed by atoms with van der Waals surface area (Å²) in [5.41, 5.74) is 1.40. The second-order valence-electron chi connectivity index (χ2n) is 6.15. The van der Waals surface area contributed by atoms with E-state index >= 15 is 0 Å². The molecule has 0 spiro atoms. The Kier molecular flexibility index (Phi) is 4.08. The van der Waals surface area contributed by atoms with Gasteiger partial charge in [-0.1, -0.05) is 48.3 Å². The van der Waals surface area contributed by atoms with E-state index in [1.165, 1.54) is 0 Å². The number of benzene rings is 1. The van der Waals surface area contributed by atoms with E-state index in [9.17, 15) is 5.11 Å². The molecular weight excluding hydrogens is 264 g/mol. The molecule has 3 rings (SSSR count). The van der Waals surface area contributed by atoms with Crippen LogP contribution in [0, 0.1) is 0 Å². The summed E-state index contributed by atoms with van der Waals surface area (Å²) in [5, 5.41) is 14.6. The molecule has 0 radical (unpaired) electrons. The molecule has 1 aromatic heterocycles. The SMILES string of the molecule is CN(Cc1cc(-c2ccccc2)no1)CC1(O)CCCC1. The van der Waals surface area contributed by atoms with Gasteiger partial charge in [-0.2, -0.15) is 0 Å². The maximum absolute atomic E-state index is 10.4. The minimum absolute atomic E-state index is 0.517. The monoisotopic (exact) mass is 286 g/mol. The Hall–Kier alpha value is -1.65. The van der Waals surface area contributed by atoms with Crippen molar-refractivity contribution >= 4 is 0 Å². The Bertz CT molecular complexity index is 573. The van der Waals surface area contributed by atoms with Crippen LogP contribution in [0.5, 0.6) is 0 Å². The Labute approximate surface area is 125 Å². The molecule has 1 aromatic carbocycles. The number of nitrogens with zero attached hydrogens (tertiary/aromatic N) is 2. The fourth-order valence-electron chi connectivity index (χ4n) is 3.15. The van der Waals surface area contributed by atoms with Gasteiger partial charge in [0.05, 0.1) is 12.1 Å². The van der Waals surface area contributed by atoms with Crippen molar-refractivity contribution < 1.29 is 9.63 Å². The van der Waals surface area contributed by atoms with Gasteiger partial charge < -0.3 is 9.63 Å². The predicted molar refractivity (Wildman–Crippen MR) is 81.7 cm³/mol. The fourth-order valence-corrected chi connectivity index (χ4v) is 3.15. The predicted octanol–water partition coefficient (Wildman–Crippen LogP) is 3.08. The quantitative estimate of drug-likeness (QED) is 0.917. The number of hydrogen-bond donors (Lipinski definition) is 1. The lowest BCUT2D eigenvalue weighted by Gasteiger charge is -2.27. The summed E-state index contributed by atoms with van der Waals surface area (Å²) in [6.45, 7) is 1.36. The van der Waals surface area contributed by atoms with Crippen LogP contribution in [0.4, 0.5) is 0 Å². The molecule has 2 aromatic rings. The van der Waals surface area contributed by atoms with Crippen LogP contribution in [0.15, 0.2) is 40.9 Å². The third-order valence-electron chi connectivity index (χ3n) is 4.15. The lowest BCUT2D eigenvalue weighted by atomic mass is 10.0. The zero-order valence-corrected chi connectivity index (χ0v) is 12.5. The van der Waals surface area contributed by atoms with Crippen molar-refractivity contribution in [2.24, 2.45) is 0 Å². The van der Waals surface area contributed by atoms with Gasteiger partial charge in [-0.05, 0) is 19.9 Å². The van der Waals surface area contributed by atoms with Gasteiger partial charge >= 0.3 is 0 Å². The summed E-state index contributed by atoms with van der Waals surface area (Å²) in [4.78, 5) is 2.11. The van der Waals surface area contributed by atoms with E-state index in [0.717, 1.165) is 42.7 Å². The minimum atomic E-state index is -0.517. The van der Waals surface area contributed by atoms with E-state index < -0.39 is 5.60 Å². The van der Waals surface area contributed by atoms with Crippen molar-refractivity contribution in [3.63, 3.8) is 0 Å². The highest BCUT2D eigenvalue weighted by Crippen LogP contribution is 2.30. The fraction of sp³-hybridized carbons (Fsp3) is 0.471. The van der Waals surface area contributed by atoms with Crippen molar-refractivity contribution in [1.82, 2.24) is 10.1 Å². The number of hydrogen-bond acceptors (Lipinski definition) is 4. The highest BCUT2D eigenvalue weighted by Gasteiger charge is 2.32. The standard InChI is InChI=1S/C17H22N2O2/c1-19(13-17(20)9-5-6-10-17)12-15-11-16(18-21-15)14-7-3-2-4-8-14/h2-4,7-8,11,20H,5-6,9-10,12-13H2,1H3. The Morgan fingerprint density at radius 3 is 2.67 bits per heavy atom. The second-order valence-corrected chi connectivity index (χ2v) is 6.15. The molecule has 0 amide bonds. The normalized spacial score (nSPS) is 17.5. The van der Waals surface area contributed by atoms with Crippen LogP contribution in [-0.2, 0) is 6.54 Å². The molecule has 0 atom stereocenters. The maximum atomic E-state index is 10.4. The molecule has 1 saturated carbocycles. The first-order valence-corrected chi connectivity index (χ1v) is 7.57. The number of aromatic nitrogens is 1. The zero-order valence-electron chi connectivity index (χ0n) is 12.5. The van der Waals surface area contributed by atoms with Gasteiger partial charge in [0, 0.05) is 18.2 Å². The van der Waals surface area contributed by atoms with Gasteiger partial charge in [-0.25, -0.2) is 0 Å². The molecule has 0 bridgehead atoms. The van der Waals surface area contributed by atoms with Gasteiger partial charge in [0.1, 0.15) is 5.69 Å². The van der Waals surface area contributed by atoms with Crippen LogP contribution in [0.2, 0.25) is 0 Å². The highest BCUT2D eigenvalue weighted by molar-refractivity contribution is 5.58. The second kappa shape index (κ2) is 6.00. The third kappa shape index (κ3) is 3.52. The first-order chi connectivity index (χ1) is 10.1. The highest BCUT2D eigenvalue weighted by atomic mass is 16.5. The van der Waals surface area contributed by atoms with Crippen molar-refractivity contribution in [2.75, 3.05) is 13.6 Å². The van der Waals surface area contributed by atoms with Crippen LogP contribution in [-0.4, -0.2) is 34.4 Å². The van der Waals surface area contributed by atoms with Gasteiger partial charge in [-0.3, -0.25) is 4.90 Å². The zero-order chi connectivity index (χ0) is 14.7. The average Bonchev–Trinajstić information content (AvgIpc) is 3.09. The maximum Gasteiger partial charge on any atom is 0.151 e. The number of aliphatic hydroxyl groups is 1. The number of rotatable bonds is 5. The molecule has 1 fully saturated rings. The number of likely N-dealkylation sites (N-methyl/N-ethyl adjacent to an activating group) is 1. The van der Waals surface area contributed by atoms with Crippen LogP contribution in [0.1, 0.15) is 31.4 Å². The summed E-state index contributed by atoms with van der Waals surface area (Å²) >= 11 is 0. The van der Waals surface area contributed by atoms with E-state index in [-0.39, 0.29) is 0 Å². The first kappa shape index (κ1) is 14.3. The molecule has 21 heavy (non-hydrogen) atoms. The molecule has 1 heterocycles. The Balaban J connectivity index is 1.62. The topological polar surface area (TPSA) is 49.5 Å². The molecule has 1 aliphatic rings. The summed E-state index contributed by atoms with van der Waals surface area (Å²) in [6.07, 6.45) is 4.07. The van der Waals surface area contributed by atoms with Gasteiger partial charge in [-0.15, -0.1) is 0 Å². The Morgan fingerprint density at radius 1 is 1.24 bits per heavy atom. The van der Waals surface area contributed by atoms with Crippen molar-refractivity contribution in [1.29, 1.82) is 0 Å². The molecule has 0 unspecified atom stereocenters. The molecule has 112 valence electrons. The molecule has 0 aliphatic heterocycles. The van der Waals surface area contributed by atoms with E-state index in [1.807, 2.05) is 43.4 Å². The van der Waals surface area contributed by atoms with Gasteiger partial charge in [0.25, 0.3) is 0 Å². The average molecular weight is 286 g/mol. The summed E-state index contributed by atoms with van der Waals surface area (Å²) in [6, 6.07) is 12.0. The van der Waals surface area contributed by atoms with E-state index in [0.29, 0.717) is 13.1 Å². The molecule has 0 saturated heterocycles. The Morgan fingerprint density at radius 2 is 1.95 bits per heavy atom. The van der Waals surface area contributed by atoms with Crippen molar-refractivity contribution in [3.05, 3.63) is 42.2 Å². The molecule has 1 aliphatic carbocycles. The van der Waals surface area contributed by atoms with Crippen LogP contribution >= 0.6 is 0 Å². The van der Waals surface area contributed by atoms with E-state index in [2.05, 4.69) is 10.1 Å². The van der Waals surface area contributed by atoms with Crippen LogP contribution in [0.3, 0.4) is 0 Å². The van der Waals surface area contributed by atoms with E-state index in [1.54, 1.807) is 0 Å². The molecule has 4 nitrogen and oxygen atoms in total. The lowest BCUT2D eigenvalue weighted by molar-refractivity contribution is 0.0128.